The highest BCUT2D eigenvalue weighted by molar-refractivity contribution is 6.00. The Morgan fingerprint density at radius 2 is 1.92 bits per heavy atom. The molecule has 4 nitrogen and oxygen atoms in total. The van der Waals surface area contributed by atoms with Crippen molar-refractivity contribution in [3.8, 4) is 0 Å². The molecular weight excluding hydrogens is 345 g/mol. The van der Waals surface area contributed by atoms with Crippen LogP contribution in [0.2, 0.25) is 0 Å². The first kappa shape index (κ1) is 21.1. The molecule has 2 unspecified atom stereocenters. The number of hydrogen-bond donors (Lipinski definition) is 2. The van der Waals surface area contributed by atoms with Gasteiger partial charge in [-0.1, -0.05) is 11.6 Å². The van der Waals surface area contributed by atoms with Crippen molar-refractivity contribution >= 4 is 36.4 Å². The number of benzene rings is 1. The number of amides is 1. The van der Waals surface area contributed by atoms with Gasteiger partial charge in [0.05, 0.1) is 5.56 Å². The van der Waals surface area contributed by atoms with Gasteiger partial charge in [0.15, 0.2) is 0 Å². The summed E-state index contributed by atoms with van der Waals surface area (Å²) >= 11 is 0. The number of aryl methyl sites for hydroxylation is 1. The van der Waals surface area contributed by atoms with E-state index in [1.165, 1.54) is 12.8 Å². The van der Waals surface area contributed by atoms with Gasteiger partial charge in [-0.2, -0.15) is 0 Å². The molecule has 1 aromatic rings. The van der Waals surface area contributed by atoms with Crippen molar-refractivity contribution in [1.82, 2.24) is 10.6 Å². The van der Waals surface area contributed by atoms with Crippen LogP contribution in [0.4, 0.5) is 5.69 Å². The molecule has 1 aromatic carbocycles. The van der Waals surface area contributed by atoms with E-state index in [1.54, 1.807) is 0 Å². The number of rotatable bonds is 3. The Kier molecular flexibility index (Phi) is 8.34. The second-order valence-electron chi connectivity index (χ2n) is 6.68. The summed E-state index contributed by atoms with van der Waals surface area (Å²) in [7, 11) is 0. The zero-order valence-electron chi connectivity index (χ0n) is 14.5. The van der Waals surface area contributed by atoms with E-state index in [0.29, 0.717) is 6.04 Å². The van der Waals surface area contributed by atoms with Gasteiger partial charge in [0.2, 0.25) is 0 Å². The molecule has 2 N–H and O–H groups in total. The number of nitrogens with zero attached hydrogens (tertiary/aromatic N) is 1. The Labute approximate surface area is 157 Å². The smallest absolute Gasteiger partial charge is 0.253 e. The Morgan fingerprint density at radius 3 is 2.58 bits per heavy atom. The highest BCUT2D eigenvalue weighted by atomic mass is 35.5. The number of nitrogens with one attached hydrogen (secondary N) is 2. The summed E-state index contributed by atoms with van der Waals surface area (Å²) in [4.78, 5) is 15.2. The van der Waals surface area contributed by atoms with Crippen LogP contribution in [0.3, 0.4) is 0 Å². The molecule has 2 atom stereocenters. The summed E-state index contributed by atoms with van der Waals surface area (Å²) in [6.07, 6.45) is 4.63. The highest BCUT2D eigenvalue weighted by Crippen LogP contribution is 2.26. The second-order valence-corrected chi connectivity index (χ2v) is 6.68. The zero-order valence-corrected chi connectivity index (χ0v) is 16.1. The van der Waals surface area contributed by atoms with E-state index in [0.717, 1.165) is 49.3 Å². The van der Waals surface area contributed by atoms with E-state index >= 15 is 0 Å². The lowest BCUT2D eigenvalue weighted by Gasteiger charge is -2.31. The molecule has 2 aliphatic rings. The first-order chi connectivity index (χ1) is 10.6. The molecule has 2 aliphatic heterocycles. The minimum atomic E-state index is 0. The Morgan fingerprint density at radius 1 is 1.21 bits per heavy atom. The lowest BCUT2D eigenvalue weighted by molar-refractivity contribution is 0.0920. The summed E-state index contributed by atoms with van der Waals surface area (Å²) in [5, 5.41) is 6.69. The van der Waals surface area contributed by atoms with Crippen LogP contribution in [0, 0.1) is 6.92 Å². The fraction of sp³-hybridized carbons (Fsp3) is 0.611. The van der Waals surface area contributed by atoms with Crippen molar-refractivity contribution in [3.05, 3.63) is 29.3 Å². The topological polar surface area (TPSA) is 44.4 Å². The SMILES string of the molecule is Cc1ccc(N2CCCC2)c(C(=O)NC2CCCNC2C)c1.Cl.Cl. The molecule has 0 saturated carbocycles. The molecule has 2 fully saturated rings. The van der Waals surface area contributed by atoms with Gasteiger partial charge >= 0.3 is 0 Å². The molecule has 0 aromatic heterocycles. The summed E-state index contributed by atoms with van der Waals surface area (Å²) in [5.41, 5.74) is 3.07. The Balaban J connectivity index is 0.00000144. The van der Waals surface area contributed by atoms with E-state index in [9.17, 15) is 4.79 Å². The maximum atomic E-state index is 12.8. The summed E-state index contributed by atoms with van der Waals surface area (Å²) in [6, 6.07) is 6.82. The number of carbonyl (C=O) groups is 1. The summed E-state index contributed by atoms with van der Waals surface area (Å²) in [5.74, 6) is 0.0751. The minimum absolute atomic E-state index is 0. The molecule has 136 valence electrons. The van der Waals surface area contributed by atoms with Crippen molar-refractivity contribution in [2.45, 2.75) is 51.6 Å². The average molecular weight is 374 g/mol. The molecule has 6 heteroatoms. The van der Waals surface area contributed by atoms with Crippen molar-refractivity contribution in [1.29, 1.82) is 0 Å². The van der Waals surface area contributed by atoms with Crippen LogP contribution in [0.5, 0.6) is 0 Å². The Hall–Kier alpha value is -0.970. The predicted molar refractivity (Wildman–Crippen MR) is 105 cm³/mol. The normalized spacial score (nSPS) is 23.2. The van der Waals surface area contributed by atoms with Gasteiger partial charge < -0.3 is 15.5 Å². The van der Waals surface area contributed by atoms with Gasteiger partial charge in [-0.3, -0.25) is 4.79 Å². The first-order valence-electron chi connectivity index (χ1n) is 8.55. The largest absolute Gasteiger partial charge is 0.371 e. The molecule has 24 heavy (non-hydrogen) atoms. The predicted octanol–water partition coefficient (Wildman–Crippen LogP) is 3.31. The molecule has 0 aliphatic carbocycles. The van der Waals surface area contributed by atoms with E-state index in [1.807, 2.05) is 6.07 Å². The average Bonchev–Trinajstić information content (AvgIpc) is 3.03. The zero-order chi connectivity index (χ0) is 15.5. The molecule has 1 amide bonds. The summed E-state index contributed by atoms with van der Waals surface area (Å²) < 4.78 is 0. The molecule has 2 saturated heterocycles. The van der Waals surface area contributed by atoms with Crippen molar-refractivity contribution in [2.75, 3.05) is 24.5 Å². The van der Waals surface area contributed by atoms with E-state index < -0.39 is 0 Å². The third kappa shape index (κ3) is 4.78. The molecule has 0 bridgehead atoms. The number of halogens is 2. The monoisotopic (exact) mass is 373 g/mol. The number of anilines is 1. The van der Waals surface area contributed by atoms with Crippen LogP contribution < -0.4 is 15.5 Å². The number of carbonyl (C=O) groups excluding carboxylic acids is 1. The fourth-order valence-corrected chi connectivity index (χ4v) is 3.55. The van der Waals surface area contributed by atoms with Crippen molar-refractivity contribution in [3.63, 3.8) is 0 Å². The van der Waals surface area contributed by atoms with E-state index in [-0.39, 0.29) is 36.8 Å². The van der Waals surface area contributed by atoms with Crippen molar-refractivity contribution < 1.29 is 4.79 Å². The van der Waals surface area contributed by atoms with Gasteiger partial charge in [-0.15, -0.1) is 24.8 Å². The van der Waals surface area contributed by atoms with Crippen LogP contribution in [0.25, 0.3) is 0 Å². The number of piperidine rings is 1. The lowest BCUT2D eigenvalue weighted by Crippen LogP contribution is -2.52. The molecule has 3 rings (SSSR count). The molecule has 0 radical (unpaired) electrons. The fourth-order valence-electron chi connectivity index (χ4n) is 3.55. The molecule has 0 spiro atoms. The summed E-state index contributed by atoms with van der Waals surface area (Å²) in [6.45, 7) is 7.38. The molecule has 2 heterocycles. The quantitative estimate of drug-likeness (QED) is 0.853. The van der Waals surface area contributed by atoms with Crippen LogP contribution in [-0.2, 0) is 0 Å². The standard InChI is InChI=1S/C18H27N3O.2ClH/c1-13-7-8-17(21-10-3-4-11-21)15(12-13)18(22)20-16-6-5-9-19-14(16)2;;/h7-8,12,14,16,19H,3-6,9-11H2,1-2H3,(H,20,22);2*1H. The van der Waals surface area contributed by atoms with Crippen LogP contribution in [0.1, 0.15) is 48.5 Å². The van der Waals surface area contributed by atoms with Gasteiger partial charge in [-0.05, 0) is 58.2 Å². The minimum Gasteiger partial charge on any atom is -0.371 e. The number of hydrogen-bond acceptors (Lipinski definition) is 3. The molecular formula is C18H29Cl2N3O. The van der Waals surface area contributed by atoms with Gasteiger partial charge in [0, 0.05) is 30.9 Å². The van der Waals surface area contributed by atoms with Crippen LogP contribution >= 0.6 is 24.8 Å². The van der Waals surface area contributed by atoms with Crippen LogP contribution in [0.15, 0.2) is 18.2 Å². The van der Waals surface area contributed by atoms with Crippen molar-refractivity contribution in [2.24, 2.45) is 0 Å². The first-order valence-corrected chi connectivity index (χ1v) is 8.55. The van der Waals surface area contributed by atoms with E-state index in [2.05, 4.69) is 41.5 Å². The second kappa shape index (κ2) is 9.50. The van der Waals surface area contributed by atoms with Crippen LogP contribution in [-0.4, -0.2) is 37.6 Å². The van der Waals surface area contributed by atoms with Gasteiger partial charge in [0.1, 0.15) is 0 Å². The van der Waals surface area contributed by atoms with Gasteiger partial charge in [0.25, 0.3) is 5.91 Å². The third-order valence-corrected chi connectivity index (χ3v) is 4.92. The maximum absolute atomic E-state index is 12.8. The Bertz CT molecular complexity index is 547. The maximum Gasteiger partial charge on any atom is 0.253 e. The van der Waals surface area contributed by atoms with E-state index in [4.69, 9.17) is 0 Å². The lowest BCUT2D eigenvalue weighted by atomic mass is 9.99. The third-order valence-electron chi connectivity index (χ3n) is 4.92. The highest BCUT2D eigenvalue weighted by Gasteiger charge is 2.25. The van der Waals surface area contributed by atoms with Gasteiger partial charge in [-0.25, -0.2) is 0 Å².